The summed E-state index contributed by atoms with van der Waals surface area (Å²) < 4.78 is 0. The second-order valence-electron chi connectivity index (χ2n) is 10.4. The average molecular weight is 600 g/mol. The van der Waals surface area contributed by atoms with Gasteiger partial charge >= 0.3 is 0 Å². The van der Waals surface area contributed by atoms with Crippen LogP contribution in [0.5, 0.6) is 0 Å². The van der Waals surface area contributed by atoms with Gasteiger partial charge in [0.2, 0.25) is 12.3 Å². The molecule has 0 bridgehead atoms. The van der Waals surface area contributed by atoms with Gasteiger partial charge in [-0.25, -0.2) is 0 Å². The van der Waals surface area contributed by atoms with Crippen molar-refractivity contribution >= 4 is 29.6 Å². The molecule has 1 aliphatic carbocycles. The second kappa shape index (κ2) is 25.9. The molecule has 2 atom stereocenters. The molecule has 0 spiro atoms. The van der Waals surface area contributed by atoms with Crippen LogP contribution in [0.4, 0.5) is 5.69 Å². The summed E-state index contributed by atoms with van der Waals surface area (Å²) in [5, 5.41) is 10.0. The minimum absolute atomic E-state index is 0.162. The fourth-order valence-corrected chi connectivity index (χ4v) is 4.75. The normalized spacial score (nSPS) is 12.7. The predicted octanol–water partition coefficient (Wildman–Crippen LogP) is 9.85. The monoisotopic (exact) mass is 599 g/mol. The molecule has 2 aromatic carbocycles. The molecule has 3 rings (SSSR count). The van der Waals surface area contributed by atoms with Gasteiger partial charge in [0.05, 0.1) is 6.04 Å². The topological polar surface area (TPSA) is 70.2 Å². The van der Waals surface area contributed by atoms with Gasteiger partial charge in [0.25, 0.3) is 0 Å². The fourth-order valence-electron chi connectivity index (χ4n) is 4.61. The molecular formula is C36H58ClN3O2. The average Bonchev–Trinajstić information content (AvgIpc) is 2.97. The second-order valence-corrected chi connectivity index (χ2v) is 10.8. The molecule has 2 aromatic rings. The minimum atomic E-state index is 0.162. The first kappa shape index (κ1) is 39.2. The number of aryl methyl sites for hydroxylation is 1. The molecule has 1 saturated carbocycles. The molecule has 0 aromatic heterocycles. The first-order valence-electron chi connectivity index (χ1n) is 16.1. The van der Waals surface area contributed by atoms with Gasteiger partial charge in [-0.05, 0) is 80.9 Å². The molecule has 6 heteroatoms. The lowest BCUT2D eigenvalue weighted by molar-refractivity contribution is -0.120. The Hall–Kier alpha value is -2.79. The Labute approximate surface area is 262 Å². The van der Waals surface area contributed by atoms with Crippen molar-refractivity contribution in [2.24, 2.45) is 5.92 Å². The van der Waals surface area contributed by atoms with E-state index in [2.05, 4.69) is 36.7 Å². The Morgan fingerprint density at radius 1 is 0.905 bits per heavy atom. The van der Waals surface area contributed by atoms with Gasteiger partial charge in [0.15, 0.2) is 0 Å². The fraction of sp³-hybridized carbons (Fsp3) is 0.556. The van der Waals surface area contributed by atoms with Crippen LogP contribution in [0, 0.1) is 12.8 Å². The van der Waals surface area contributed by atoms with Crippen LogP contribution in [-0.4, -0.2) is 25.4 Å². The number of likely N-dealkylation sites (N-methyl/N-ethyl adjacent to an activating group) is 1. The molecule has 42 heavy (non-hydrogen) atoms. The van der Waals surface area contributed by atoms with Crippen molar-refractivity contribution in [3.63, 3.8) is 0 Å². The largest absolute Gasteiger partial charge is 0.390 e. The van der Waals surface area contributed by atoms with E-state index in [-0.39, 0.29) is 17.9 Å². The van der Waals surface area contributed by atoms with Crippen molar-refractivity contribution in [1.29, 1.82) is 0 Å². The van der Waals surface area contributed by atoms with Crippen LogP contribution in [-0.2, 0) is 9.59 Å². The van der Waals surface area contributed by atoms with E-state index in [1.54, 1.807) is 0 Å². The highest BCUT2D eigenvalue weighted by atomic mass is 35.5. The molecule has 3 N–H and O–H groups in total. The van der Waals surface area contributed by atoms with Gasteiger partial charge in [-0.1, -0.05) is 109 Å². The number of unbranched alkanes of at least 4 members (excludes halogenated alkanes) is 2. The van der Waals surface area contributed by atoms with Gasteiger partial charge in [-0.15, -0.1) is 0 Å². The zero-order chi connectivity index (χ0) is 31.6. The summed E-state index contributed by atoms with van der Waals surface area (Å²) >= 11 is 5.54. The summed E-state index contributed by atoms with van der Waals surface area (Å²) in [6.07, 6.45) is 13.2. The molecule has 0 aliphatic heterocycles. The van der Waals surface area contributed by atoms with E-state index in [0.29, 0.717) is 0 Å². The third kappa shape index (κ3) is 17.2. The van der Waals surface area contributed by atoms with E-state index in [1.165, 1.54) is 42.5 Å². The molecule has 1 fully saturated rings. The summed E-state index contributed by atoms with van der Waals surface area (Å²) in [4.78, 5) is 22.8. The number of hydrogen-bond donors (Lipinski definition) is 3. The van der Waals surface area contributed by atoms with Crippen LogP contribution < -0.4 is 16.0 Å². The summed E-state index contributed by atoms with van der Waals surface area (Å²) in [6.45, 7) is 12.5. The number of rotatable bonds is 14. The van der Waals surface area contributed by atoms with Gasteiger partial charge in [-0.3, -0.25) is 9.59 Å². The molecular weight excluding hydrogens is 542 g/mol. The highest BCUT2D eigenvalue weighted by molar-refractivity contribution is 6.30. The van der Waals surface area contributed by atoms with E-state index in [9.17, 15) is 9.59 Å². The minimum Gasteiger partial charge on any atom is -0.390 e. The maximum atomic E-state index is 12.2. The van der Waals surface area contributed by atoms with Crippen LogP contribution in [0.25, 0.3) is 0 Å². The number of nitrogens with one attached hydrogen (secondary N) is 3. The molecule has 2 unspecified atom stereocenters. The molecule has 5 nitrogen and oxygen atoms in total. The Kier molecular flexibility index (Phi) is 24.2. The maximum Gasteiger partial charge on any atom is 0.227 e. The lowest BCUT2D eigenvalue weighted by atomic mass is 9.87. The van der Waals surface area contributed by atoms with Gasteiger partial charge < -0.3 is 16.0 Å². The predicted molar refractivity (Wildman–Crippen MR) is 183 cm³/mol. The van der Waals surface area contributed by atoms with Crippen molar-refractivity contribution < 1.29 is 9.59 Å². The number of carbonyl (C=O) groups is 2. The molecule has 1 aliphatic rings. The van der Waals surface area contributed by atoms with Crippen molar-refractivity contribution in [3.8, 4) is 0 Å². The Balaban J connectivity index is 0.000000628. The number of anilines is 1. The first-order valence-corrected chi connectivity index (χ1v) is 16.4. The molecule has 0 heterocycles. The van der Waals surface area contributed by atoms with E-state index in [0.717, 1.165) is 62.1 Å². The van der Waals surface area contributed by atoms with Crippen molar-refractivity contribution in [3.05, 3.63) is 76.5 Å². The summed E-state index contributed by atoms with van der Waals surface area (Å²) in [5.41, 5.74) is 4.83. The summed E-state index contributed by atoms with van der Waals surface area (Å²) in [7, 11) is 1.95. The van der Waals surface area contributed by atoms with Crippen LogP contribution in [0.1, 0.15) is 111 Å². The highest BCUT2D eigenvalue weighted by Crippen LogP contribution is 2.29. The third-order valence-electron chi connectivity index (χ3n) is 7.00. The highest BCUT2D eigenvalue weighted by Gasteiger charge is 2.20. The zero-order valence-electron chi connectivity index (χ0n) is 27.4. The number of carbonyl (C=O) groups excluding carboxylic acids is 2. The van der Waals surface area contributed by atoms with Crippen LogP contribution in [0.3, 0.4) is 0 Å². The van der Waals surface area contributed by atoms with Crippen molar-refractivity contribution in [2.45, 2.75) is 118 Å². The lowest BCUT2D eigenvalue weighted by Gasteiger charge is -2.27. The van der Waals surface area contributed by atoms with Crippen LogP contribution in [0.15, 0.2) is 65.9 Å². The van der Waals surface area contributed by atoms with E-state index in [4.69, 9.17) is 11.6 Å². The number of amides is 2. The SMILES string of the molecule is CC.CCCCC(CCC)C(=O)Nc1cccc(C)c1.CCCCC(NC=O)C(NC)=C1CCC1.Clc1ccccc1. The smallest absolute Gasteiger partial charge is 0.227 e. The number of halogens is 1. The zero-order valence-corrected chi connectivity index (χ0v) is 28.2. The Bertz CT molecular complexity index is 988. The summed E-state index contributed by atoms with van der Waals surface area (Å²) in [5.74, 6) is 0.339. The van der Waals surface area contributed by atoms with Gasteiger partial charge in [-0.2, -0.15) is 0 Å². The summed E-state index contributed by atoms with van der Waals surface area (Å²) in [6, 6.07) is 17.6. The van der Waals surface area contributed by atoms with Crippen LogP contribution >= 0.6 is 11.6 Å². The number of benzene rings is 2. The maximum absolute atomic E-state index is 12.2. The van der Waals surface area contributed by atoms with Crippen molar-refractivity contribution in [1.82, 2.24) is 10.6 Å². The number of hydrogen-bond acceptors (Lipinski definition) is 3. The quantitative estimate of drug-likeness (QED) is 0.189. The van der Waals surface area contributed by atoms with Gasteiger partial charge in [0.1, 0.15) is 0 Å². The third-order valence-corrected chi connectivity index (χ3v) is 7.26. The molecule has 0 radical (unpaired) electrons. The Morgan fingerprint density at radius 3 is 2.00 bits per heavy atom. The Morgan fingerprint density at radius 2 is 1.55 bits per heavy atom. The molecule has 0 saturated heterocycles. The first-order chi connectivity index (χ1) is 20.4. The lowest BCUT2D eigenvalue weighted by Crippen LogP contribution is -2.36. The van der Waals surface area contributed by atoms with Crippen LogP contribution in [0.2, 0.25) is 5.02 Å². The molecule has 236 valence electrons. The van der Waals surface area contributed by atoms with E-state index < -0.39 is 0 Å². The molecule has 2 amide bonds. The van der Waals surface area contributed by atoms with E-state index >= 15 is 0 Å². The number of allylic oxidation sites excluding steroid dienone is 1. The van der Waals surface area contributed by atoms with Gasteiger partial charge in [0, 0.05) is 29.4 Å². The van der Waals surface area contributed by atoms with E-state index in [1.807, 2.05) is 82.4 Å². The van der Waals surface area contributed by atoms with Crippen molar-refractivity contribution in [2.75, 3.05) is 12.4 Å². The standard InChI is InChI=1S/C16H25NO.C12H22N2O.C6H5Cl.C2H6/c1-4-6-10-14(8-5-2)16(18)17-15-11-7-9-13(3)12-15;1-3-4-8-11(14-9-15)12(13-2)10-6-5-7-10;7-6-4-2-1-3-5-6;1-2/h7,9,11-12,14H,4-6,8,10H2,1-3H3,(H,17,18);9,11,13H,3-8H2,1-2H3,(H,14,15);1-5H;1-2H3.